The van der Waals surface area contributed by atoms with E-state index in [0.29, 0.717) is 11.1 Å². The number of likely N-dealkylation sites (N-methyl/N-ethyl adjacent to an activating group) is 2. The van der Waals surface area contributed by atoms with Gasteiger partial charge in [-0.05, 0) is 45.1 Å². The van der Waals surface area contributed by atoms with E-state index in [1.54, 1.807) is 6.07 Å². The molecule has 1 N–H and O–H groups in total. The molecule has 0 radical (unpaired) electrons. The number of halogens is 1. The van der Waals surface area contributed by atoms with E-state index in [2.05, 4.69) is 23.9 Å². The Morgan fingerprint density at radius 1 is 1.42 bits per heavy atom. The average molecular weight is 283 g/mol. The van der Waals surface area contributed by atoms with Crippen LogP contribution >= 0.6 is 11.6 Å². The molecule has 19 heavy (non-hydrogen) atoms. The Morgan fingerprint density at radius 2 is 2.21 bits per heavy atom. The summed E-state index contributed by atoms with van der Waals surface area (Å²) >= 11 is 6.12. The van der Waals surface area contributed by atoms with Crippen molar-refractivity contribution in [2.75, 3.05) is 27.2 Å². The molecule has 1 fully saturated rings. The second-order valence-corrected chi connectivity index (χ2v) is 5.96. The van der Waals surface area contributed by atoms with Gasteiger partial charge in [0, 0.05) is 19.1 Å². The first-order valence-corrected chi connectivity index (χ1v) is 7.31. The van der Waals surface area contributed by atoms with Gasteiger partial charge < -0.3 is 14.9 Å². The van der Waals surface area contributed by atoms with E-state index in [-0.39, 0.29) is 5.75 Å². The molecule has 0 amide bonds. The number of hydrogen-bond acceptors (Lipinski definition) is 3. The van der Waals surface area contributed by atoms with Crippen molar-refractivity contribution in [3.63, 3.8) is 0 Å². The first-order valence-electron chi connectivity index (χ1n) is 6.93. The minimum Gasteiger partial charge on any atom is -0.506 e. The molecule has 1 saturated heterocycles. The van der Waals surface area contributed by atoms with E-state index in [1.165, 1.54) is 25.8 Å². The Hall–Kier alpha value is -0.770. The van der Waals surface area contributed by atoms with Gasteiger partial charge in [0.2, 0.25) is 0 Å². The summed E-state index contributed by atoms with van der Waals surface area (Å²) in [7, 11) is 4.32. The molecule has 4 heteroatoms. The fourth-order valence-electron chi connectivity index (χ4n) is 2.78. The van der Waals surface area contributed by atoms with Crippen LogP contribution in [0.15, 0.2) is 18.2 Å². The molecule has 1 aliphatic heterocycles. The minimum absolute atomic E-state index is 0.169. The fourth-order valence-corrected chi connectivity index (χ4v) is 2.96. The van der Waals surface area contributed by atoms with E-state index in [0.717, 1.165) is 18.7 Å². The molecule has 0 spiro atoms. The standard InChI is InChI=1S/C15H23ClN2O/c1-17(11-13-7-3-4-9-18(13)2)10-12-6-5-8-14(19)15(12)16/h5-6,8,13,19H,3-4,7,9-11H2,1-2H3/t13-/m1/s1. The molecule has 0 aliphatic carbocycles. The van der Waals surface area contributed by atoms with Gasteiger partial charge in [0.25, 0.3) is 0 Å². The van der Waals surface area contributed by atoms with Gasteiger partial charge in [0.05, 0.1) is 5.02 Å². The van der Waals surface area contributed by atoms with Gasteiger partial charge in [-0.15, -0.1) is 0 Å². The van der Waals surface area contributed by atoms with Crippen LogP contribution in [0, 0.1) is 0 Å². The quantitative estimate of drug-likeness (QED) is 0.920. The van der Waals surface area contributed by atoms with E-state index in [1.807, 2.05) is 12.1 Å². The smallest absolute Gasteiger partial charge is 0.134 e. The van der Waals surface area contributed by atoms with Gasteiger partial charge in [-0.3, -0.25) is 0 Å². The highest BCUT2D eigenvalue weighted by molar-refractivity contribution is 6.32. The maximum absolute atomic E-state index is 9.62. The molecule has 1 aliphatic rings. The summed E-state index contributed by atoms with van der Waals surface area (Å²) in [5.41, 5.74) is 0.989. The highest BCUT2D eigenvalue weighted by Crippen LogP contribution is 2.27. The third kappa shape index (κ3) is 3.85. The summed E-state index contributed by atoms with van der Waals surface area (Å²) in [5.74, 6) is 0.169. The van der Waals surface area contributed by atoms with Crippen molar-refractivity contribution in [1.82, 2.24) is 9.80 Å². The van der Waals surface area contributed by atoms with Crippen LogP contribution in [0.3, 0.4) is 0 Å². The van der Waals surface area contributed by atoms with Gasteiger partial charge in [-0.25, -0.2) is 0 Å². The highest BCUT2D eigenvalue weighted by Gasteiger charge is 2.20. The molecule has 0 unspecified atom stereocenters. The summed E-state index contributed by atoms with van der Waals surface area (Å²) in [5, 5.41) is 10.1. The Kier molecular flexibility index (Phi) is 5.08. The zero-order valence-corrected chi connectivity index (χ0v) is 12.5. The van der Waals surface area contributed by atoms with E-state index < -0.39 is 0 Å². The molecular formula is C15H23ClN2O. The van der Waals surface area contributed by atoms with Gasteiger partial charge in [-0.1, -0.05) is 30.2 Å². The zero-order valence-electron chi connectivity index (χ0n) is 11.8. The van der Waals surface area contributed by atoms with Gasteiger partial charge >= 0.3 is 0 Å². The van der Waals surface area contributed by atoms with Crippen molar-refractivity contribution in [2.45, 2.75) is 31.8 Å². The second kappa shape index (κ2) is 6.60. The topological polar surface area (TPSA) is 26.7 Å². The normalized spacial score (nSPS) is 20.9. The van der Waals surface area contributed by atoms with Crippen molar-refractivity contribution in [3.8, 4) is 5.75 Å². The molecular weight excluding hydrogens is 260 g/mol. The summed E-state index contributed by atoms with van der Waals surface area (Å²) in [6, 6.07) is 6.08. The lowest BCUT2D eigenvalue weighted by Crippen LogP contribution is -2.43. The van der Waals surface area contributed by atoms with Crippen LogP contribution in [-0.4, -0.2) is 48.1 Å². The number of aromatic hydroxyl groups is 1. The van der Waals surface area contributed by atoms with Crippen LogP contribution in [-0.2, 0) is 6.54 Å². The van der Waals surface area contributed by atoms with Crippen LogP contribution in [0.5, 0.6) is 5.75 Å². The van der Waals surface area contributed by atoms with Gasteiger partial charge in [0.15, 0.2) is 0 Å². The summed E-state index contributed by atoms with van der Waals surface area (Å²) < 4.78 is 0. The summed E-state index contributed by atoms with van der Waals surface area (Å²) in [4.78, 5) is 4.73. The molecule has 2 rings (SSSR count). The van der Waals surface area contributed by atoms with Crippen molar-refractivity contribution >= 4 is 11.6 Å². The number of piperidine rings is 1. The number of hydrogen-bond donors (Lipinski definition) is 1. The largest absolute Gasteiger partial charge is 0.506 e. The summed E-state index contributed by atoms with van der Waals surface area (Å²) in [6.45, 7) is 3.02. The van der Waals surface area contributed by atoms with E-state index in [4.69, 9.17) is 11.6 Å². The number of phenolic OH excluding ortho intramolecular Hbond substituents is 1. The third-order valence-corrected chi connectivity index (χ3v) is 4.38. The Bertz CT molecular complexity index is 425. The van der Waals surface area contributed by atoms with E-state index >= 15 is 0 Å². The molecule has 0 aromatic heterocycles. The van der Waals surface area contributed by atoms with Crippen molar-refractivity contribution < 1.29 is 5.11 Å². The lowest BCUT2D eigenvalue weighted by atomic mass is 10.0. The average Bonchev–Trinajstić information content (AvgIpc) is 2.38. The van der Waals surface area contributed by atoms with Crippen LogP contribution in [0.25, 0.3) is 0 Å². The predicted octanol–water partition coefficient (Wildman–Crippen LogP) is 2.96. The Labute approximate surface area is 120 Å². The second-order valence-electron chi connectivity index (χ2n) is 5.58. The molecule has 1 heterocycles. The number of benzene rings is 1. The van der Waals surface area contributed by atoms with Crippen LogP contribution in [0.2, 0.25) is 5.02 Å². The van der Waals surface area contributed by atoms with Crippen molar-refractivity contribution in [1.29, 1.82) is 0 Å². The maximum Gasteiger partial charge on any atom is 0.134 e. The molecule has 106 valence electrons. The summed E-state index contributed by atoms with van der Waals surface area (Å²) in [6.07, 6.45) is 3.92. The molecule has 1 aromatic rings. The molecule has 1 aromatic carbocycles. The van der Waals surface area contributed by atoms with Crippen LogP contribution in [0.4, 0.5) is 0 Å². The van der Waals surface area contributed by atoms with E-state index in [9.17, 15) is 5.11 Å². The van der Waals surface area contributed by atoms with Crippen LogP contribution < -0.4 is 0 Å². The van der Waals surface area contributed by atoms with Gasteiger partial charge in [0.1, 0.15) is 5.75 Å². The lowest BCUT2D eigenvalue weighted by Gasteiger charge is -2.35. The van der Waals surface area contributed by atoms with Crippen molar-refractivity contribution in [3.05, 3.63) is 28.8 Å². The molecule has 0 bridgehead atoms. The monoisotopic (exact) mass is 282 g/mol. The predicted molar refractivity (Wildman–Crippen MR) is 79.7 cm³/mol. The fraction of sp³-hybridized carbons (Fsp3) is 0.600. The number of phenols is 1. The lowest BCUT2D eigenvalue weighted by molar-refractivity contribution is 0.138. The minimum atomic E-state index is 0.169. The van der Waals surface area contributed by atoms with Crippen molar-refractivity contribution in [2.24, 2.45) is 0 Å². The number of likely N-dealkylation sites (tertiary alicyclic amines) is 1. The third-order valence-electron chi connectivity index (χ3n) is 3.94. The first-order chi connectivity index (χ1) is 9.08. The Morgan fingerprint density at radius 3 is 2.95 bits per heavy atom. The zero-order chi connectivity index (χ0) is 13.8. The van der Waals surface area contributed by atoms with Crippen LogP contribution in [0.1, 0.15) is 24.8 Å². The molecule has 0 saturated carbocycles. The number of nitrogens with zero attached hydrogens (tertiary/aromatic N) is 2. The van der Waals surface area contributed by atoms with Gasteiger partial charge in [-0.2, -0.15) is 0 Å². The molecule has 1 atom stereocenters. The number of rotatable bonds is 4. The SMILES string of the molecule is CN(Cc1cccc(O)c1Cl)C[C@H]1CCCCN1C. The Balaban J connectivity index is 1.93. The first kappa shape index (κ1) is 14.6. The highest BCUT2D eigenvalue weighted by atomic mass is 35.5. The maximum atomic E-state index is 9.62. The molecule has 3 nitrogen and oxygen atoms in total.